The summed E-state index contributed by atoms with van der Waals surface area (Å²) in [6.07, 6.45) is -4.41. The average molecular weight is 311 g/mol. The van der Waals surface area contributed by atoms with Crippen molar-refractivity contribution in [2.75, 3.05) is 11.9 Å². The van der Waals surface area contributed by atoms with Crippen molar-refractivity contribution < 1.29 is 22.7 Å². The van der Waals surface area contributed by atoms with Crippen LogP contribution in [0.5, 0.6) is 5.88 Å². The van der Waals surface area contributed by atoms with Gasteiger partial charge in [-0.1, -0.05) is 0 Å². The molecule has 2 rings (SSSR count). The molecule has 22 heavy (non-hydrogen) atoms. The second-order valence-corrected chi connectivity index (χ2v) is 4.22. The first-order valence-electron chi connectivity index (χ1n) is 6.35. The Morgan fingerprint density at radius 1 is 1.14 bits per heavy atom. The van der Waals surface area contributed by atoms with Crippen molar-refractivity contribution in [3.8, 4) is 5.88 Å². The van der Waals surface area contributed by atoms with E-state index >= 15 is 0 Å². The highest BCUT2D eigenvalue weighted by molar-refractivity contribution is 6.02. The number of carbonyl (C=O) groups is 1. The van der Waals surface area contributed by atoms with E-state index in [1.54, 1.807) is 6.92 Å². The van der Waals surface area contributed by atoms with Crippen LogP contribution in [0.3, 0.4) is 0 Å². The van der Waals surface area contributed by atoms with Crippen molar-refractivity contribution in [1.29, 1.82) is 0 Å². The van der Waals surface area contributed by atoms with Crippen LogP contribution in [0.15, 0.2) is 36.4 Å². The minimum absolute atomic E-state index is 0.0309. The number of carbonyl (C=O) groups excluding carboxylic acids is 1. The summed E-state index contributed by atoms with van der Waals surface area (Å²) in [4.78, 5) is 11.9. The molecule has 5 nitrogen and oxygen atoms in total. The number of rotatable bonds is 4. The predicted octanol–water partition coefficient (Wildman–Crippen LogP) is 3.15. The number of alkyl halides is 3. The summed E-state index contributed by atoms with van der Waals surface area (Å²) >= 11 is 0. The summed E-state index contributed by atoms with van der Waals surface area (Å²) < 4.78 is 42.4. The van der Waals surface area contributed by atoms with E-state index < -0.39 is 17.6 Å². The molecular weight excluding hydrogens is 299 g/mol. The number of benzene rings is 1. The number of nitrogens with one attached hydrogen (secondary N) is 1. The summed E-state index contributed by atoms with van der Waals surface area (Å²) in [6, 6.07) is 7.01. The Hall–Kier alpha value is -2.64. The molecule has 1 aromatic carbocycles. The molecule has 8 heteroatoms. The molecule has 1 amide bonds. The minimum Gasteiger partial charge on any atom is -0.477 e. The molecule has 0 saturated carbocycles. The number of aromatic nitrogens is 2. The lowest BCUT2D eigenvalue weighted by Gasteiger charge is -2.08. The van der Waals surface area contributed by atoms with Gasteiger partial charge in [0.15, 0.2) is 5.69 Å². The highest BCUT2D eigenvalue weighted by atomic mass is 19.4. The highest BCUT2D eigenvalue weighted by Crippen LogP contribution is 2.29. The summed E-state index contributed by atoms with van der Waals surface area (Å²) in [5, 5.41) is 9.82. The Labute approximate surface area is 124 Å². The van der Waals surface area contributed by atoms with Crippen molar-refractivity contribution in [2.24, 2.45) is 0 Å². The summed E-state index contributed by atoms with van der Waals surface area (Å²) in [5.74, 6) is -0.288. The molecule has 0 aliphatic heterocycles. The molecule has 0 saturated heterocycles. The van der Waals surface area contributed by atoms with Crippen molar-refractivity contribution >= 4 is 11.6 Å². The molecule has 0 spiro atoms. The van der Waals surface area contributed by atoms with Gasteiger partial charge >= 0.3 is 6.18 Å². The molecule has 0 unspecified atom stereocenters. The van der Waals surface area contributed by atoms with Gasteiger partial charge in [-0.3, -0.25) is 4.79 Å². The van der Waals surface area contributed by atoms with Gasteiger partial charge in [0.1, 0.15) is 0 Å². The first kappa shape index (κ1) is 15.7. The molecule has 0 aliphatic carbocycles. The lowest BCUT2D eigenvalue weighted by molar-refractivity contribution is -0.137. The van der Waals surface area contributed by atoms with Gasteiger partial charge < -0.3 is 10.1 Å². The molecule has 0 aliphatic rings. The number of hydrogen-bond acceptors (Lipinski definition) is 4. The first-order valence-corrected chi connectivity index (χ1v) is 6.35. The topological polar surface area (TPSA) is 64.1 Å². The zero-order valence-electron chi connectivity index (χ0n) is 11.5. The molecule has 2 aromatic rings. The standard InChI is InChI=1S/C14H12F3N3O2/c1-2-22-12-8-7-11(19-20-12)13(21)18-10-5-3-9(4-6-10)14(15,16)17/h3-8H,2H2,1H3,(H,18,21). The maximum atomic E-state index is 12.4. The Kier molecular flexibility index (Phi) is 4.59. The van der Waals surface area contributed by atoms with E-state index in [1.807, 2.05) is 0 Å². The summed E-state index contributed by atoms with van der Waals surface area (Å²) in [7, 11) is 0. The zero-order chi connectivity index (χ0) is 16.2. The van der Waals surface area contributed by atoms with Crippen LogP contribution in [0.2, 0.25) is 0 Å². The molecule has 1 N–H and O–H groups in total. The Morgan fingerprint density at radius 3 is 2.32 bits per heavy atom. The molecule has 1 heterocycles. The van der Waals surface area contributed by atoms with E-state index in [0.717, 1.165) is 12.1 Å². The van der Waals surface area contributed by atoms with Crippen molar-refractivity contribution in [3.05, 3.63) is 47.7 Å². The van der Waals surface area contributed by atoms with Crippen LogP contribution in [-0.2, 0) is 6.18 Å². The van der Waals surface area contributed by atoms with E-state index in [-0.39, 0.29) is 17.3 Å². The second-order valence-electron chi connectivity index (χ2n) is 4.22. The highest BCUT2D eigenvalue weighted by Gasteiger charge is 2.30. The second kappa shape index (κ2) is 6.42. The van der Waals surface area contributed by atoms with Gasteiger partial charge in [-0.05, 0) is 37.3 Å². The van der Waals surface area contributed by atoms with Crippen LogP contribution >= 0.6 is 0 Å². The van der Waals surface area contributed by atoms with E-state index in [0.29, 0.717) is 6.61 Å². The summed E-state index contributed by atoms with van der Waals surface area (Å²) in [5.41, 5.74) is -0.525. The Bertz CT molecular complexity index is 640. The first-order chi connectivity index (χ1) is 10.4. The SMILES string of the molecule is CCOc1ccc(C(=O)Nc2ccc(C(F)(F)F)cc2)nn1. The van der Waals surface area contributed by atoms with E-state index in [4.69, 9.17) is 4.74 Å². The van der Waals surface area contributed by atoms with Crippen LogP contribution in [-0.4, -0.2) is 22.7 Å². The third kappa shape index (κ3) is 3.94. The van der Waals surface area contributed by atoms with E-state index in [2.05, 4.69) is 15.5 Å². The number of nitrogens with zero attached hydrogens (tertiary/aromatic N) is 2. The van der Waals surface area contributed by atoms with Gasteiger partial charge in [0, 0.05) is 11.8 Å². The van der Waals surface area contributed by atoms with Crippen molar-refractivity contribution in [1.82, 2.24) is 10.2 Å². The largest absolute Gasteiger partial charge is 0.477 e. The monoisotopic (exact) mass is 311 g/mol. The van der Waals surface area contributed by atoms with E-state index in [9.17, 15) is 18.0 Å². The van der Waals surface area contributed by atoms with Gasteiger partial charge in [-0.2, -0.15) is 13.2 Å². The maximum absolute atomic E-state index is 12.4. The third-order valence-electron chi connectivity index (χ3n) is 2.64. The van der Waals surface area contributed by atoms with Crippen LogP contribution in [0, 0.1) is 0 Å². The molecule has 116 valence electrons. The number of amides is 1. The van der Waals surface area contributed by atoms with Gasteiger partial charge in [-0.15, -0.1) is 10.2 Å². The van der Waals surface area contributed by atoms with Gasteiger partial charge in [-0.25, -0.2) is 0 Å². The number of hydrogen-bond donors (Lipinski definition) is 1. The normalized spacial score (nSPS) is 11.1. The molecule has 1 aromatic heterocycles. The van der Waals surface area contributed by atoms with Gasteiger partial charge in [0.25, 0.3) is 5.91 Å². The lowest BCUT2D eigenvalue weighted by atomic mass is 10.2. The van der Waals surface area contributed by atoms with E-state index in [1.165, 1.54) is 24.3 Å². The van der Waals surface area contributed by atoms with Crippen LogP contribution in [0.1, 0.15) is 23.0 Å². The van der Waals surface area contributed by atoms with Gasteiger partial charge in [0.05, 0.1) is 12.2 Å². The van der Waals surface area contributed by atoms with Crippen molar-refractivity contribution in [3.63, 3.8) is 0 Å². The maximum Gasteiger partial charge on any atom is 0.416 e. The molecule has 0 fully saturated rings. The number of ether oxygens (including phenoxy) is 1. The number of halogens is 3. The zero-order valence-corrected chi connectivity index (χ0v) is 11.5. The lowest BCUT2D eigenvalue weighted by Crippen LogP contribution is -2.14. The minimum atomic E-state index is -4.41. The fraction of sp³-hybridized carbons (Fsp3) is 0.214. The molecule has 0 radical (unpaired) electrons. The predicted molar refractivity (Wildman–Crippen MR) is 72.6 cm³/mol. The van der Waals surface area contributed by atoms with Gasteiger partial charge in [0.2, 0.25) is 5.88 Å². The Balaban J connectivity index is 2.05. The number of anilines is 1. The third-order valence-corrected chi connectivity index (χ3v) is 2.64. The van der Waals surface area contributed by atoms with Crippen molar-refractivity contribution in [2.45, 2.75) is 13.1 Å². The molecular formula is C14H12F3N3O2. The van der Waals surface area contributed by atoms with Crippen LogP contribution in [0.4, 0.5) is 18.9 Å². The smallest absolute Gasteiger partial charge is 0.416 e. The molecule has 0 bridgehead atoms. The fourth-order valence-corrected chi connectivity index (χ4v) is 1.60. The van der Waals surface area contributed by atoms with Crippen LogP contribution in [0.25, 0.3) is 0 Å². The quantitative estimate of drug-likeness (QED) is 0.942. The molecule has 0 atom stereocenters. The fourth-order valence-electron chi connectivity index (χ4n) is 1.60. The van der Waals surface area contributed by atoms with Crippen LogP contribution < -0.4 is 10.1 Å². The summed E-state index contributed by atoms with van der Waals surface area (Å²) in [6.45, 7) is 2.21. The average Bonchev–Trinajstić information content (AvgIpc) is 2.48. The Morgan fingerprint density at radius 2 is 1.82 bits per heavy atom.